The molecule has 0 unspecified atom stereocenters. The van der Waals surface area contributed by atoms with Crippen LogP contribution in [0.4, 0.5) is 4.39 Å². The zero-order valence-electron chi connectivity index (χ0n) is 10.4. The standard InChI is InChI=1S/C15H15ClFN/c1-10-5-11(8-14(17)6-10)15-4-3-13(16)7-12(15)9-18-2/h3-8,18H,9H2,1-2H3. The molecule has 0 atom stereocenters. The Morgan fingerprint density at radius 1 is 1.17 bits per heavy atom. The lowest BCUT2D eigenvalue weighted by molar-refractivity contribution is 0.627. The fraction of sp³-hybridized carbons (Fsp3) is 0.200. The van der Waals surface area contributed by atoms with E-state index >= 15 is 0 Å². The molecule has 1 nitrogen and oxygen atoms in total. The maximum atomic E-state index is 13.5. The number of hydrogen-bond donors (Lipinski definition) is 1. The van der Waals surface area contributed by atoms with E-state index in [4.69, 9.17) is 11.6 Å². The first-order valence-electron chi connectivity index (χ1n) is 5.81. The Bertz CT molecular complexity index is 546. The molecule has 94 valence electrons. The van der Waals surface area contributed by atoms with E-state index in [2.05, 4.69) is 5.32 Å². The first kappa shape index (κ1) is 13.1. The second kappa shape index (κ2) is 5.51. The molecule has 2 aromatic carbocycles. The summed E-state index contributed by atoms with van der Waals surface area (Å²) in [6.07, 6.45) is 0. The molecule has 2 aromatic rings. The Hall–Kier alpha value is -1.38. The van der Waals surface area contributed by atoms with Crippen molar-refractivity contribution >= 4 is 11.6 Å². The largest absolute Gasteiger partial charge is 0.316 e. The average Bonchev–Trinajstić information content (AvgIpc) is 2.28. The first-order chi connectivity index (χ1) is 8.60. The highest BCUT2D eigenvalue weighted by Crippen LogP contribution is 2.28. The van der Waals surface area contributed by atoms with E-state index in [9.17, 15) is 4.39 Å². The first-order valence-corrected chi connectivity index (χ1v) is 6.18. The highest BCUT2D eigenvalue weighted by molar-refractivity contribution is 6.30. The van der Waals surface area contributed by atoms with Gasteiger partial charge in [0.25, 0.3) is 0 Å². The third-order valence-corrected chi connectivity index (χ3v) is 3.02. The smallest absolute Gasteiger partial charge is 0.124 e. The molecule has 1 N–H and O–H groups in total. The van der Waals surface area contributed by atoms with E-state index in [0.29, 0.717) is 11.6 Å². The second-order valence-electron chi connectivity index (χ2n) is 4.35. The molecule has 0 aliphatic heterocycles. The van der Waals surface area contributed by atoms with Gasteiger partial charge in [0.2, 0.25) is 0 Å². The fourth-order valence-corrected chi connectivity index (χ4v) is 2.27. The highest BCUT2D eigenvalue weighted by atomic mass is 35.5. The van der Waals surface area contributed by atoms with Crippen LogP contribution in [0.25, 0.3) is 11.1 Å². The van der Waals surface area contributed by atoms with Gasteiger partial charge >= 0.3 is 0 Å². The average molecular weight is 264 g/mol. The van der Waals surface area contributed by atoms with Crippen molar-refractivity contribution in [2.45, 2.75) is 13.5 Å². The van der Waals surface area contributed by atoms with Gasteiger partial charge in [-0.2, -0.15) is 0 Å². The van der Waals surface area contributed by atoms with Gasteiger partial charge in [-0.15, -0.1) is 0 Å². The third-order valence-electron chi connectivity index (χ3n) is 2.79. The van der Waals surface area contributed by atoms with Crippen LogP contribution in [0.1, 0.15) is 11.1 Å². The van der Waals surface area contributed by atoms with Crippen molar-refractivity contribution < 1.29 is 4.39 Å². The summed E-state index contributed by atoms with van der Waals surface area (Å²) in [5, 5.41) is 3.79. The molecule has 0 radical (unpaired) electrons. The molecule has 0 aromatic heterocycles. The topological polar surface area (TPSA) is 12.0 Å². The van der Waals surface area contributed by atoms with Gasteiger partial charge in [-0.1, -0.05) is 23.7 Å². The summed E-state index contributed by atoms with van der Waals surface area (Å²) in [5.41, 5.74) is 3.87. The van der Waals surface area contributed by atoms with Gasteiger partial charge < -0.3 is 5.32 Å². The second-order valence-corrected chi connectivity index (χ2v) is 4.79. The van der Waals surface area contributed by atoms with Crippen LogP contribution in [0.5, 0.6) is 0 Å². The van der Waals surface area contributed by atoms with Crippen LogP contribution in [0, 0.1) is 12.7 Å². The number of hydrogen-bond acceptors (Lipinski definition) is 1. The minimum atomic E-state index is -0.213. The summed E-state index contributed by atoms with van der Waals surface area (Å²) in [6.45, 7) is 2.59. The van der Waals surface area contributed by atoms with Gasteiger partial charge in [0, 0.05) is 11.6 Å². The minimum absolute atomic E-state index is 0.213. The molecule has 0 saturated heterocycles. The Labute approximate surface area is 112 Å². The van der Waals surface area contributed by atoms with Crippen LogP contribution >= 0.6 is 11.6 Å². The van der Waals surface area contributed by atoms with Gasteiger partial charge in [0.15, 0.2) is 0 Å². The Kier molecular flexibility index (Phi) is 4.00. The van der Waals surface area contributed by atoms with Crippen molar-refractivity contribution in [2.24, 2.45) is 0 Å². The Balaban J connectivity index is 2.55. The van der Waals surface area contributed by atoms with Crippen LogP contribution in [-0.4, -0.2) is 7.05 Å². The molecule has 0 heterocycles. The Morgan fingerprint density at radius 3 is 2.61 bits per heavy atom. The van der Waals surface area contributed by atoms with E-state index in [1.807, 2.05) is 38.2 Å². The summed E-state index contributed by atoms with van der Waals surface area (Å²) >= 11 is 6.00. The lowest BCUT2D eigenvalue weighted by atomic mass is 9.98. The monoisotopic (exact) mass is 263 g/mol. The van der Waals surface area contributed by atoms with E-state index in [1.165, 1.54) is 6.07 Å². The van der Waals surface area contributed by atoms with E-state index in [1.54, 1.807) is 6.07 Å². The SMILES string of the molecule is CNCc1cc(Cl)ccc1-c1cc(C)cc(F)c1. The van der Waals surface area contributed by atoms with Crippen LogP contribution in [-0.2, 0) is 6.54 Å². The summed E-state index contributed by atoms with van der Waals surface area (Å²) in [4.78, 5) is 0. The molecule has 18 heavy (non-hydrogen) atoms. The number of aryl methyl sites for hydroxylation is 1. The van der Waals surface area contributed by atoms with Crippen LogP contribution < -0.4 is 5.32 Å². The molecule has 0 spiro atoms. The zero-order valence-corrected chi connectivity index (χ0v) is 11.2. The maximum absolute atomic E-state index is 13.5. The molecular weight excluding hydrogens is 249 g/mol. The zero-order chi connectivity index (χ0) is 13.1. The predicted octanol–water partition coefficient (Wildman–Crippen LogP) is 4.17. The quantitative estimate of drug-likeness (QED) is 0.876. The van der Waals surface area contributed by atoms with Crippen molar-refractivity contribution in [3.05, 3.63) is 58.4 Å². The van der Waals surface area contributed by atoms with E-state index < -0.39 is 0 Å². The lowest BCUT2D eigenvalue weighted by Gasteiger charge is -2.11. The molecule has 0 aliphatic carbocycles. The van der Waals surface area contributed by atoms with Crippen molar-refractivity contribution in [1.29, 1.82) is 0 Å². The van der Waals surface area contributed by atoms with Crippen LogP contribution in [0.3, 0.4) is 0 Å². The van der Waals surface area contributed by atoms with Gasteiger partial charge in [-0.25, -0.2) is 4.39 Å². The molecule has 0 fully saturated rings. The summed E-state index contributed by atoms with van der Waals surface area (Å²) in [7, 11) is 1.88. The molecule has 0 aliphatic rings. The van der Waals surface area contributed by atoms with E-state index in [0.717, 1.165) is 22.3 Å². The minimum Gasteiger partial charge on any atom is -0.316 e. The fourth-order valence-electron chi connectivity index (χ4n) is 2.07. The molecule has 0 amide bonds. The van der Waals surface area contributed by atoms with Crippen molar-refractivity contribution in [1.82, 2.24) is 5.32 Å². The van der Waals surface area contributed by atoms with Crippen molar-refractivity contribution in [3.63, 3.8) is 0 Å². The van der Waals surface area contributed by atoms with Gasteiger partial charge in [0.1, 0.15) is 5.82 Å². The van der Waals surface area contributed by atoms with Gasteiger partial charge in [0.05, 0.1) is 0 Å². The normalized spacial score (nSPS) is 10.7. The Morgan fingerprint density at radius 2 is 1.94 bits per heavy atom. The van der Waals surface area contributed by atoms with E-state index in [-0.39, 0.29) is 5.82 Å². The molecule has 0 saturated carbocycles. The summed E-state index contributed by atoms with van der Waals surface area (Å²) in [6, 6.07) is 10.7. The summed E-state index contributed by atoms with van der Waals surface area (Å²) < 4.78 is 13.5. The van der Waals surface area contributed by atoms with Crippen LogP contribution in [0.2, 0.25) is 5.02 Å². The summed E-state index contributed by atoms with van der Waals surface area (Å²) in [5.74, 6) is -0.213. The number of benzene rings is 2. The van der Waals surface area contributed by atoms with Gasteiger partial charge in [-0.3, -0.25) is 0 Å². The molecule has 0 bridgehead atoms. The molecule has 2 rings (SSSR count). The number of rotatable bonds is 3. The predicted molar refractivity (Wildman–Crippen MR) is 74.3 cm³/mol. The highest BCUT2D eigenvalue weighted by Gasteiger charge is 2.07. The van der Waals surface area contributed by atoms with Crippen molar-refractivity contribution in [3.8, 4) is 11.1 Å². The van der Waals surface area contributed by atoms with Crippen molar-refractivity contribution in [2.75, 3.05) is 7.05 Å². The molecular formula is C15H15ClFN. The number of halogens is 2. The maximum Gasteiger partial charge on any atom is 0.124 e. The lowest BCUT2D eigenvalue weighted by Crippen LogP contribution is -2.06. The number of nitrogens with one attached hydrogen (secondary N) is 1. The van der Waals surface area contributed by atoms with Crippen LogP contribution in [0.15, 0.2) is 36.4 Å². The molecule has 3 heteroatoms. The third kappa shape index (κ3) is 2.89. The van der Waals surface area contributed by atoms with Gasteiger partial charge in [-0.05, 0) is 60.5 Å².